The van der Waals surface area contributed by atoms with Crippen molar-refractivity contribution in [1.29, 1.82) is 0 Å². The van der Waals surface area contributed by atoms with Gasteiger partial charge in [-0.3, -0.25) is 0 Å². The number of nitrogens with zero attached hydrogens (tertiary/aromatic N) is 3. The summed E-state index contributed by atoms with van der Waals surface area (Å²) >= 11 is 0. The molecule has 2 aliphatic carbocycles. The van der Waals surface area contributed by atoms with E-state index in [1.165, 1.54) is 57.9 Å². The first-order valence-electron chi connectivity index (χ1n) is 10.0. The highest BCUT2D eigenvalue weighted by atomic mass is 32.2. The van der Waals surface area contributed by atoms with E-state index < -0.39 is 10.2 Å². The molecular formula is C18H35N3O2S. The second-order valence-corrected chi connectivity index (χ2v) is 10.0. The lowest BCUT2D eigenvalue weighted by atomic mass is 9.89. The van der Waals surface area contributed by atoms with E-state index in [2.05, 4.69) is 4.90 Å². The van der Waals surface area contributed by atoms with E-state index >= 15 is 0 Å². The molecule has 0 aromatic rings. The van der Waals surface area contributed by atoms with Gasteiger partial charge in [0.05, 0.1) is 0 Å². The van der Waals surface area contributed by atoms with Crippen molar-refractivity contribution < 1.29 is 8.42 Å². The smallest absolute Gasteiger partial charge is 0.282 e. The third kappa shape index (κ3) is 4.51. The van der Waals surface area contributed by atoms with Crippen LogP contribution in [0.15, 0.2) is 0 Å². The minimum Gasteiger partial charge on any atom is -0.300 e. The summed E-state index contributed by atoms with van der Waals surface area (Å²) in [5.74, 6) is 0.840. The first-order valence-corrected chi connectivity index (χ1v) is 11.4. The normalized spacial score (nSPS) is 26.9. The molecule has 0 bridgehead atoms. The van der Waals surface area contributed by atoms with Gasteiger partial charge in [0, 0.05) is 45.8 Å². The summed E-state index contributed by atoms with van der Waals surface area (Å²) in [4.78, 5) is 2.49. The average Bonchev–Trinajstić information content (AvgIpc) is 2.63. The molecule has 0 spiro atoms. The first kappa shape index (κ1) is 18.6. The van der Waals surface area contributed by atoms with Crippen LogP contribution in [0.1, 0.15) is 64.2 Å². The number of rotatable bonds is 5. The van der Waals surface area contributed by atoms with E-state index in [1.54, 1.807) is 15.7 Å². The van der Waals surface area contributed by atoms with Crippen molar-refractivity contribution in [2.75, 3.05) is 39.8 Å². The third-order valence-corrected chi connectivity index (χ3v) is 8.40. The maximum Gasteiger partial charge on any atom is 0.282 e. The van der Waals surface area contributed by atoms with E-state index in [-0.39, 0.29) is 6.04 Å². The molecule has 0 unspecified atom stereocenters. The second-order valence-electron chi connectivity index (χ2n) is 8.02. The Bertz CT molecular complexity index is 476. The fraction of sp³-hybridized carbons (Fsp3) is 1.00. The van der Waals surface area contributed by atoms with Crippen molar-refractivity contribution in [1.82, 2.24) is 13.5 Å². The van der Waals surface area contributed by atoms with Gasteiger partial charge >= 0.3 is 0 Å². The van der Waals surface area contributed by atoms with Gasteiger partial charge in [0.25, 0.3) is 10.2 Å². The van der Waals surface area contributed by atoms with E-state index in [0.29, 0.717) is 13.1 Å². The summed E-state index contributed by atoms with van der Waals surface area (Å²) in [5.41, 5.74) is 0. The predicted octanol–water partition coefficient (Wildman–Crippen LogP) is 2.69. The van der Waals surface area contributed by atoms with Gasteiger partial charge in [0.15, 0.2) is 0 Å². The Kier molecular flexibility index (Phi) is 6.57. The highest BCUT2D eigenvalue weighted by Crippen LogP contribution is 2.27. The Balaban J connectivity index is 1.49. The fourth-order valence-corrected chi connectivity index (χ4v) is 6.27. The van der Waals surface area contributed by atoms with Crippen LogP contribution in [0, 0.1) is 5.92 Å². The lowest BCUT2D eigenvalue weighted by molar-refractivity contribution is 0.143. The van der Waals surface area contributed by atoms with Gasteiger partial charge in [-0.25, -0.2) is 0 Å². The molecule has 3 fully saturated rings. The average molecular weight is 358 g/mol. The minimum absolute atomic E-state index is 0.212. The Morgan fingerprint density at radius 1 is 0.833 bits per heavy atom. The lowest BCUT2D eigenvalue weighted by Gasteiger charge is -2.39. The molecule has 0 amide bonds. The van der Waals surface area contributed by atoms with E-state index in [1.807, 2.05) is 0 Å². The highest BCUT2D eigenvalue weighted by molar-refractivity contribution is 7.86. The molecule has 1 heterocycles. The van der Waals surface area contributed by atoms with Gasteiger partial charge in [-0.15, -0.1) is 0 Å². The fourth-order valence-electron chi connectivity index (χ4n) is 4.69. The first-order chi connectivity index (χ1) is 11.6. The van der Waals surface area contributed by atoms with Crippen LogP contribution in [0.25, 0.3) is 0 Å². The molecule has 3 rings (SSSR count). The van der Waals surface area contributed by atoms with Crippen LogP contribution < -0.4 is 0 Å². The second kappa shape index (κ2) is 8.47. The molecule has 0 aromatic carbocycles. The van der Waals surface area contributed by atoms with Crippen LogP contribution in [-0.2, 0) is 10.2 Å². The standard InChI is InChI=1S/C18H35N3O2S/c1-19(18-10-6-3-7-11-18)24(22,23)21-14-12-20(13-15-21)16-17-8-4-2-5-9-17/h17-18H,2-16H2,1H3. The molecular weight excluding hydrogens is 322 g/mol. The molecule has 0 radical (unpaired) electrons. The summed E-state index contributed by atoms with van der Waals surface area (Å²) in [6.07, 6.45) is 12.5. The molecule has 3 aliphatic rings. The van der Waals surface area contributed by atoms with Gasteiger partial charge < -0.3 is 4.90 Å². The molecule has 24 heavy (non-hydrogen) atoms. The van der Waals surface area contributed by atoms with Crippen LogP contribution in [0.5, 0.6) is 0 Å². The maximum atomic E-state index is 12.9. The van der Waals surface area contributed by atoms with Crippen molar-refractivity contribution in [3.05, 3.63) is 0 Å². The summed E-state index contributed by atoms with van der Waals surface area (Å²) in [6.45, 7) is 4.28. The zero-order valence-electron chi connectivity index (χ0n) is 15.3. The summed E-state index contributed by atoms with van der Waals surface area (Å²) in [5, 5.41) is 0. The maximum absolute atomic E-state index is 12.9. The molecule has 0 aromatic heterocycles. The number of hydrogen-bond donors (Lipinski definition) is 0. The van der Waals surface area contributed by atoms with Crippen molar-refractivity contribution in [2.45, 2.75) is 70.3 Å². The predicted molar refractivity (Wildman–Crippen MR) is 98.1 cm³/mol. The molecule has 5 nitrogen and oxygen atoms in total. The molecule has 1 saturated heterocycles. The van der Waals surface area contributed by atoms with E-state index in [4.69, 9.17) is 0 Å². The Morgan fingerprint density at radius 3 is 1.96 bits per heavy atom. The van der Waals surface area contributed by atoms with E-state index in [9.17, 15) is 8.42 Å². The molecule has 2 saturated carbocycles. The van der Waals surface area contributed by atoms with Crippen LogP contribution in [0.2, 0.25) is 0 Å². The SMILES string of the molecule is CN(C1CCCCC1)S(=O)(=O)N1CCN(CC2CCCCC2)CC1. The molecule has 0 N–H and O–H groups in total. The Morgan fingerprint density at radius 2 is 1.38 bits per heavy atom. The van der Waals surface area contributed by atoms with E-state index in [0.717, 1.165) is 31.8 Å². The van der Waals surface area contributed by atoms with Crippen LogP contribution in [0.4, 0.5) is 0 Å². The minimum atomic E-state index is -3.28. The molecule has 1 aliphatic heterocycles. The zero-order chi connectivity index (χ0) is 17.0. The third-order valence-electron chi connectivity index (χ3n) is 6.35. The van der Waals surface area contributed by atoms with Crippen LogP contribution in [-0.4, -0.2) is 67.7 Å². The lowest BCUT2D eigenvalue weighted by Crippen LogP contribution is -2.54. The summed E-state index contributed by atoms with van der Waals surface area (Å²) in [7, 11) is -1.49. The van der Waals surface area contributed by atoms with Crippen molar-refractivity contribution in [3.8, 4) is 0 Å². The van der Waals surface area contributed by atoms with Gasteiger partial charge in [0.1, 0.15) is 0 Å². The molecule has 140 valence electrons. The van der Waals surface area contributed by atoms with Crippen molar-refractivity contribution in [2.24, 2.45) is 5.92 Å². The van der Waals surface area contributed by atoms with Crippen molar-refractivity contribution in [3.63, 3.8) is 0 Å². The quantitative estimate of drug-likeness (QED) is 0.760. The Labute approximate surface area is 148 Å². The number of hydrogen-bond acceptors (Lipinski definition) is 3. The molecule has 0 atom stereocenters. The van der Waals surface area contributed by atoms with Gasteiger partial charge in [0.2, 0.25) is 0 Å². The van der Waals surface area contributed by atoms with Crippen LogP contribution >= 0.6 is 0 Å². The monoisotopic (exact) mass is 357 g/mol. The summed E-state index contributed by atoms with van der Waals surface area (Å²) < 4.78 is 29.2. The molecule has 6 heteroatoms. The van der Waals surface area contributed by atoms with Crippen molar-refractivity contribution >= 4 is 10.2 Å². The van der Waals surface area contributed by atoms with Gasteiger partial charge in [-0.1, -0.05) is 38.5 Å². The van der Waals surface area contributed by atoms with Gasteiger partial charge in [-0.05, 0) is 31.6 Å². The largest absolute Gasteiger partial charge is 0.300 e. The van der Waals surface area contributed by atoms with Crippen LogP contribution in [0.3, 0.4) is 0 Å². The zero-order valence-corrected chi connectivity index (χ0v) is 16.1. The topological polar surface area (TPSA) is 43.9 Å². The van der Waals surface area contributed by atoms with Gasteiger partial charge in [-0.2, -0.15) is 17.0 Å². The summed E-state index contributed by atoms with van der Waals surface area (Å²) in [6, 6.07) is 0.212. The highest BCUT2D eigenvalue weighted by Gasteiger charge is 2.34. The number of piperazine rings is 1. The Hall–Kier alpha value is -0.170.